The van der Waals surface area contributed by atoms with Crippen LogP contribution in [0.1, 0.15) is 239 Å². The average Bonchev–Trinajstić information content (AvgIpc) is 3.45. The summed E-state index contributed by atoms with van der Waals surface area (Å²) in [5.74, 6) is -0.992. The van der Waals surface area contributed by atoms with Crippen molar-refractivity contribution in [3.05, 3.63) is 182 Å². The normalized spacial score (nSPS) is 13.4. The number of unbranched alkanes of at least 4 members (excludes halogenated alkanes) is 13. The van der Waals surface area contributed by atoms with Crippen LogP contribution in [-0.4, -0.2) is 37.2 Å². The van der Waals surface area contributed by atoms with E-state index in [1.165, 1.54) is 12.8 Å². The van der Waals surface area contributed by atoms with Gasteiger partial charge in [0.15, 0.2) is 6.10 Å². The molecule has 440 valence electrons. The molecule has 0 radical (unpaired) electrons. The van der Waals surface area contributed by atoms with Crippen LogP contribution in [0.3, 0.4) is 0 Å². The lowest BCUT2D eigenvalue weighted by Crippen LogP contribution is -2.30. The summed E-state index contributed by atoms with van der Waals surface area (Å²) < 4.78 is 16.8. The minimum absolute atomic E-state index is 0.116. The molecule has 0 aromatic heterocycles. The Bertz CT molecular complexity index is 1870. The molecule has 6 nitrogen and oxygen atoms in total. The van der Waals surface area contributed by atoms with E-state index in [1.807, 2.05) is 0 Å². The fourth-order valence-corrected chi connectivity index (χ4v) is 7.81. The van der Waals surface area contributed by atoms with Crippen LogP contribution < -0.4 is 0 Å². The molecule has 0 saturated heterocycles. The van der Waals surface area contributed by atoms with E-state index in [1.54, 1.807) is 0 Å². The summed E-state index contributed by atoms with van der Waals surface area (Å²) in [6, 6.07) is 0. The molecule has 0 rings (SSSR count). The molecular formula is C73H112O6. The highest BCUT2D eigenvalue weighted by atomic mass is 16.6. The lowest BCUT2D eigenvalue weighted by Gasteiger charge is -2.18. The summed E-state index contributed by atoms with van der Waals surface area (Å²) in [5.41, 5.74) is 0. The summed E-state index contributed by atoms with van der Waals surface area (Å²) in [5, 5.41) is 0. The third kappa shape index (κ3) is 63.2. The highest BCUT2D eigenvalue weighted by Gasteiger charge is 2.19. The van der Waals surface area contributed by atoms with Crippen LogP contribution in [-0.2, 0) is 28.6 Å². The Morgan fingerprint density at radius 1 is 0.253 bits per heavy atom. The number of esters is 3. The number of carbonyl (C=O) groups is 3. The molecule has 0 spiro atoms. The van der Waals surface area contributed by atoms with E-state index in [4.69, 9.17) is 14.2 Å². The number of allylic oxidation sites excluding steroid dienone is 30. The standard InChI is InChI=1S/C73H112O6/c1-4-7-10-13-16-19-22-25-27-29-31-32-33-34-35-36-37-38-39-40-42-43-45-48-51-54-57-60-63-66-72(75)78-69-70(68-77-71(74)65-62-59-56-53-50-47-24-21-18-15-12-9-6-3)79-73(76)67-64-61-58-55-52-49-46-44-41-30-28-26-23-20-17-14-11-8-5-2/h7-12,16-21,25-28,31-32,34-35,37-38,40-42,44-45,47-48,50,70H,4-6,13-15,22-24,29-30,33,36,39,43,46,49,51-69H2,1-3H3/b10-7-,11-8-,12-9-,19-16-,20-17-,21-18-,27-25-,28-26-,32-31-,35-34-,38-37-,42-40-,44-41-,48-45-,50-47-. The Balaban J connectivity index is 4.46. The summed E-state index contributed by atoms with van der Waals surface area (Å²) in [6.45, 7) is 6.22. The van der Waals surface area contributed by atoms with Gasteiger partial charge in [0.05, 0.1) is 0 Å². The second-order valence-corrected chi connectivity index (χ2v) is 19.8. The summed E-state index contributed by atoms with van der Waals surface area (Å²) >= 11 is 0. The van der Waals surface area contributed by atoms with Crippen molar-refractivity contribution in [2.24, 2.45) is 0 Å². The van der Waals surface area contributed by atoms with Gasteiger partial charge in [0.25, 0.3) is 0 Å². The molecule has 6 heteroatoms. The minimum Gasteiger partial charge on any atom is -0.462 e. The quantitative estimate of drug-likeness (QED) is 0.0261. The number of hydrogen-bond donors (Lipinski definition) is 0. The van der Waals surface area contributed by atoms with Gasteiger partial charge in [-0.05, 0) is 154 Å². The molecule has 0 heterocycles. The van der Waals surface area contributed by atoms with Crippen molar-refractivity contribution in [2.75, 3.05) is 13.2 Å². The van der Waals surface area contributed by atoms with E-state index in [0.717, 1.165) is 186 Å². The molecule has 0 aliphatic rings. The van der Waals surface area contributed by atoms with Crippen LogP contribution in [0.4, 0.5) is 0 Å². The Hall–Kier alpha value is -5.49. The Morgan fingerprint density at radius 3 is 0.722 bits per heavy atom. The molecule has 0 aliphatic carbocycles. The van der Waals surface area contributed by atoms with Crippen molar-refractivity contribution in [1.29, 1.82) is 0 Å². The maximum Gasteiger partial charge on any atom is 0.306 e. The zero-order chi connectivity index (χ0) is 57.1. The van der Waals surface area contributed by atoms with Gasteiger partial charge in [-0.1, -0.05) is 248 Å². The van der Waals surface area contributed by atoms with Crippen LogP contribution in [0.25, 0.3) is 0 Å². The number of carbonyl (C=O) groups excluding carboxylic acids is 3. The zero-order valence-electron chi connectivity index (χ0n) is 50.3. The molecule has 0 aromatic carbocycles. The molecule has 1 unspecified atom stereocenters. The van der Waals surface area contributed by atoms with Gasteiger partial charge in [0.2, 0.25) is 0 Å². The van der Waals surface area contributed by atoms with Gasteiger partial charge >= 0.3 is 17.9 Å². The van der Waals surface area contributed by atoms with Crippen molar-refractivity contribution >= 4 is 17.9 Å². The Morgan fingerprint density at radius 2 is 0.456 bits per heavy atom. The maximum absolute atomic E-state index is 12.9. The molecule has 0 amide bonds. The maximum atomic E-state index is 12.9. The fourth-order valence-electron chi connectivity index (χ4n) is 7.81. The first-order valence-corrected chi connectivity index (χ1v) is 31.3. The lowest BCUT2D eigenvalue weighted by atomic mass is 10.1. The van der Waals surface area contributed by atoms with Gasteiger partial charge < -0.3 is 14.2 Å². The first kappa shape index (κ1) is 73.5. The smallest absolute Gasteiger partial charge is 0.306 e. The van der Waals surface area contributed by atoms with Gasteiger partial charge in [-0.15, -0.1) is 0 Å². The molecule has 0 N–H and O–H groups in total. The van der Waals surface area contributed by atoms with Crippen molar-refractivity contribution in [3.63, 3.8) is 0 Å². The predicted octanol–water partition coefficient (Wildman–Crippen LogP) is 21.7. The van der Waals surface area contributed by atoms with Crippen LogP contribution in [0.15, 0.2) is 182 Å². The SMILES string of the molecule is CC/C=C\C/C=C\C/C=C\C/C=C\C/C=C\C/C=C\C/C=C\C/C=C\CCCCCCC(=O)OCC(COC(=O)CCCCC/C=C\C/C=C\C/C=C\CC)OC(=O)CCCCCCCC/C=C\C/C=C\C/C=C\C/C=C\CC. The van der Waals surface area contributed by atoms with E-state index in [0.29, 0.717) is 19.3 Å². The average molecular weight is 1090 g/mol. The number of rotatable bonds is 54. The first-order chi connectivity index (χ1) is 39.0. The van der Waals surface area contributed by atoms with Gasteiger partial charge in [0, 0.05) is 19.3 Å². The van der Waals surface area contributed by atoms with E-state index >= 15 is 0 Å². The molecule has 79 heavy (non-hydrogen) atoms. The van der Waals surface area contributed by atoms with Crippen molar-refractivity contribution in [1.82, 2.24) is 0 Å². The van der Waals surface area contributed by atoms with Gasteiger partial charge in [0.1, 0.15) is 13.2 Å². The van der Waals surface area contributed by atoms with Gasteiger partial charge in [-0.25, -0.2) is 0 Å². The first-order valence-electron chi connectivity index (χ1n) is 31.3. The highest BCUT2D eigenvalue weighted by Crippen LogP contribution is 2.13. The van der Waals surface area contributed by atoms with Crippen molar-refractivity contribution in [2.45, 2.75) is 245 Å². The lowest BCUT2D eigenvalue weighted by molar-refractivity contribution is -0.167. The van der Waals surface area contributed by atoms with Crippen LogP contribution in [0.2, 0.25) is 0 Å². The number of hydrogen-bond acceptors (Lipinski definition) is 6. The highest BCUT2D eigenvalue weighted by molar-refractivity contribution is 5.71. The molecule has 0 bridgehead atoms. The van der Waals surface area contributed by atoms with Crippen molar-refractivity contribution in [3.8, 4) is 0 Å². The summed E-state index contributed by atoms with van der Waals surface area (Å²) in [4.78, 5) is 38.3. The Kier molecular flexibility index (Phi) is 60.5. The second kappa shape index (κ2) is 65.0. The van der Waals surface area contributed by atoms with Gasteiger partial charge in [-0.2, -0.15) is 0 Å². The van der Waals surface area contributed by atoms with E-state index in [-0.39, 0.29) is 31.1 Å². The van der Waals surface area contributed by atoms with E-state index in [9.17, 15) is 14.4 Å². The van der Waals surface area contributed by atoms with Crippen LogP contribution in [0.5, 0.6) is 0 Å². The van der Waals surface area contributed by atoms with Crippen LogP contribution in [0, 0.1) is 0 Å². The van der Waals surface area contributed by atoms with E-state index < -0.39 is 6.10 Å². The summed E-state index contributed by atoms with van der Waals surface area (Å²) in [6.07, 6.45) is 97.5. The zero-order valence-corrected chi connectivity index (χ0v) is 50.3. The largest absolute Gasteiger partial charge is 0.462 e. The van der Waals surface area contributed by atoms with Gasteiger partial charge in [-0.3, -0.25) is 14.4 Å². The molecule has 0 fully saturated rings. The van der Waals surface area contributed by atoms with E-state index in [2.05, 4.69) is 203 Å². The molecule has 0 aromatic rings. The summed E-state index contributed by atoms with van der Waals surface area (Å²) in [7, 11) is 0. The fraction of sp³-hybridized carbons (Fsp3) is 0.548. The topological polar surface area (TPSA) is 78.9 Å². The minimum atomic E-state index is -0.820. The third-order valence-electron chi connectivity index (χ3n) is 12.4. The van der Waals surface area contributed by atoms with Crippen LogP contribution >= 0.6 is 0 Å². The van der Waals surface area contributed by atoms with Crippen molar-refractivity contribution < 1.29 is 28.6 Å². The second-order valence-electron chi connectivity index (χ2n) is 19.8. The number of ether oxygens (including phenoxy) is 3. The monoisotopic (exact) mass is 1080 g/mol. The predicted molar refractivity (Wildman–Crippen MR) is 343 cm³/mol. The molecule has 0 saturated carbocycles. The Labute approximate surface area is 484 Å². The third-order valence-corrected chi connectivity index (χ3v) is 12.4. The molecular weight excluding hydrogens is 973 g/mol. The molecule has 1 atom stereocenters. The molecule has 0 aliphatic heterocycles.